The second-order valence-electron chi connectivity index (χ2n) is 6.48. The van der Waals surface area contributed by atoms with Gasteiger partial charge in [-0.3, -0.25) is 0 Å². The van der Waals surface area contributed by atoms with Crippen LogP contribution in [0.4, 0.5) is 4.79 Å². The van der Waals surface area contributed by atoms with Crippen LogP contribution in [0.3, 0.4) is 0 Å². The van der Waals surface area contributed by atoms with Crippen molar-refractivity contribution in [1.29, 1.82) is 0 Å². The largest absolute Gasteiger partial charge is 0.497 e. The van der Waals surface area contributed by atoms with E-state index in [1.165, 1.54) is 4.57 Å². The Kier molecular flexibility index (Phi) is 4.39. The number of methoxy groups -OCH3 is 1. The van der Waals surface area contributed by atoms with Crippen molar-refractivity contribution in [3.8, 4) is 17.1 Å². The van der Waals surface area contributed by atoms with E-state index < -0.39 is 11.7 Å². The second-order valence-corrected chi connectivity index (χ2v) is 6.82. The van der Waals surface area contributed by atoms with E-state index in [2.05, 4.69) is 9.97 Å². The van der Waals surface area contributed by atoms with E-state index in [1.807, 2.05) is 39.0 Å². The van der Waals surface area contributed by atoms with Crippen molar-refractivity contribution in [2.45, 2.75) is 26.4 Å². The van der Waals surface area contributed by atoms with E-state index in [0.717, 1.165) is 5.39 Å². The maximum Gasteiger partial charge on any atom is 0.419 e. The van der Waals surface area contributed by atoms with Crippen molar-refractivity contribution >= 4 is 28.6 Å². The summed E-state index contributed by atoms with van der Waals surface area (Å²) in [5, 5.41) is 0.965. The van der Waals surface area contributed by atoms with Crippen molar-refractivity contribution in [3.05, 3.63) is 41.8 Å². The van der Waals surface area contributed by atoms with Crippen LogP contribution in [-0.2, 0) is 4.74 Å². The van der Waals surface area contributed by atoms with Crippen molar-refractivity contribution in [2.24, 2.45) is 0 Å². The molecule has 0 saturated carbocycles. The molecule has 0 radical (unpaired) electrons. The topological polar surface area (TPSA) is 66.2 Å². The lowest BCUT2D eigenvalue weighted by Crippen LogP contribution is -2.27. The smallest absolute Gasteiger partial charge is 0.419 e. The molecule has 0 spiro atoms. The quantitative estimate of drug-likeness (QED) is 0.628. The van der Waals surface area contributed by atoms with Crippen molar-refractivity contribution < 1.29 is 14.3 Å². The summed E-state index contributed by atoms with van der Waals surface area (Å²) >= 11 is 5.91. The zero-order valence-corrected chi connectivity index (χ0v) is 15.2. The van der Waals surface area contributed by atoms with Gasteiger partial charge in [-0.05, 0) is 56.6 Å². The number of aromatic nitrogens is 3. The van der Waals surface area contributed by atoms with E-state index in [-0.39, 0.29) is 5.28 Å². The number of ether oxygens (including phenoxy) is 2. The third kappa shape index (κ3) is 3.58. The fraction of sp³-hybridized carbons (Fsp3) is 0.278. The minimum absolute atomic E-state index is 0.107. The van der Waals surface area contributed by atoms with Gasteiger partial charge in [-0.25, -0.2) is 19.3 Å². The summed E-state index contributed by atoms with van der Waals surface area (Å²) in [5.41, 5.74) is 1.13. The van der Waals surface area contributed by atoms with Gasteiger partial charge in [-0.2, -0.15) is 0 Å². The highest BCUT2D eigenvalue weighted by atomic mass is 35.5. The average Bonchev–Trinajstić information content (AvgIpc) is 2.91. The molecule has 0 N–H and O–H groups in total. The summed E-state index contributed by atoms with van der Waals surface area (Å²) in [5.74, 6) is 0.641. The number of rotatable bonds is 2. The number of carbonyl (C=O) groups is 1. The summed E-state index contributed by atoms with van der Waals surface area (Å²) in [6.45, 7) is 5.45. The monoisotopic (exact) mass is 359 g/mol. The molecule has 0 aliphatic heterocycles. The number of carbonyl (C=O) groups excluding carboxylic acids is 1. The molecule has 25 heavy (non-hydrogen) atoms. The Bertz CT molecular complexity index is 944. The van der Waals surface area contributed by atoms with Crippen LogP contribution in [0.5, 0.6) is 5.75 Å². The Hall–Kier alpha value is -2.60. The molecule has 2 aromatic heterocycles. The van der Waals surface area contributed by atoms with Crippen LogP contribution in [0.2, 0.25) is 5.28 Å². The molecule has 0 aliphatic rings. The molecule has 0 atom stereocenters. The highest BCUT2D eigenvalue weighted by molar-refractivity contribution is 6.28. The van der Waals surface area contributed by atoms with Crippen LogP contribution in [0, 0.1) is 0 Å². The molecule has 0 bridgehead atoms. The van der Waals surface area contributed by atoms with E-state index in [9.17, 15) is 4.79 Å². The van der Waals surface area contributed by atoms with Gasteiger partial charge in [-0.1, -0.05) is 0 Å². The maximum absolute atomic E-state index is 12.8. The Morgan fingerprint density at radius 3 is 2.60 bits per heavy atom. The lowest BCUT2D eigenvalue weighted by atomic mass is 10.2. The Morgan fingerprint density at radius 1 is 1.20 bits per heavy atom. The first-order valence-electron chi connectivity index (χ1n) is 7.70. The molecule has 130 valence electrons. The number of nitrogens with zero attached hydrogens (tertiary/aromatic N) is 3. The van der Waals surface area contributed by atoms with Crippen LogP contribution in [0.1, 0.15) is 20.8 Å². The molecule has 0 saturated heterocycles. The van der Waals surface area contributed by atoms with E-state index >= 15 is 0 Å². The van der Waals surface area contributed by atoms with Gasteiger partial charge in [0.2, 0.25) is 5.28 Å². The Balaban J connectivity index is 2.25. The highest BCUT2D eigenvalue weighted by Crippen LogP contribution is 2.31. The van der Waals surface area contributed by atoms with Gasteiger partial charge in [0, 0.05) is 17.6 Å². The van der Waals surface area contributed by atoms with Crippen molar-refractivity contribution in [1.82, 2.24) is 14.5 Å². The van der Waals surface area contributed by atoms with Gasteiger partial charge in [0.05, 0.1) is 24.0 Å². The van der Waals surface area contributed by atoms with E-state index in [4.69, 9.17) is 21.1 Å². The van der Waals surface area contributed by atoms with Gasteiger partial charge in [0.1, 0.15) is 11.4 Å². The minimum Gasteiger partial charge on any atom is -0.497 e. The highest BCUT2D eigenvalue weighted by Gasteiger charge is 2.23. The molecular weight excluding hydrogens is 342 g/mol. The van der Waals surface area contributed by atoms with Crippen LogP contribution < -0.4 is 4.74 Å². The normalized spacial score (nSPS) is 11.6. The Morgan fingerprint density at radius 2 is 1.96 bits per heavy atom. The van der Waals surface area contributed by atoms with Crippen LogP contribution in [0.25, 0.3) is 22.3 Å². The zero-order chi connectivity index (χ0) is 18.2. The number of hydrogen-bond acceptors (Lipinski definition) is 5. The first-order valence-corrected chi connectivity index (χ1v) is 8.08. The van der Waals surface area contributed by atoms with Gasteiger partial charge in [0.15, 0.2) is 0 Å². The molecule has 0 aliphatic carbocycles. The molecule has 2 heterocycles. The molecule has 0 amide bonds. The summed E-state index contributed by atoms with van der Waals surface area (Å²) in [7, 11) is 1.58. The third-order valence-corrected chi connectivity index (χ3v) is 3.66. The molecule has 3 rings (SSSR count). The summed E-state index contributed by atoms with van der Waals surface area (Å²) < 4.78 is 12.3. The predicted molar refractivity (Wildman–Crippen MR) is 96.2 cm³/mol. The summed E-state index contributed by atoms with van der Waals surface area (Å²) in [6, 6.07) is 9.04. The van der Waals surface area contributed by atoms with Gasteiger partial charge in [-0.15, -0.1) is 0 Å². The van der Waals surface area contributed by atoms with Crippen molar-refractivity contribution in [3.63, 3.8) is 0 Å². The van der Waals surface area contributed by atoms with Crippen molar-refractivity contribution in [2.75, 3.05) is 7.11 Å². The lowest BCUT2D eigenvalue weighted by molar-refractivity contribution is 0.0547. The SMILES string of the molecule is COc1ccc2cc(-c3ccnc(Cl)n3)n(C(=O)OC(C)(C)C)c2c1. The average molecular weight is 360 g/mol. The second kappa shape index (κ2) is 6.37. The minimum atomic E-state index is -0.632. The first-order chi connectivity index (χ1) is 11.8. The van der Waals surface area contributed by atoms with Gasteiger partial charge < -0.3 is 9.47 Å². The molecule has 0 unspecified atom stereocenters. The molecule has 1 aromatic carbocycles. The van der Waals surface area contributed by atoms with Crippen LogP contribution in [-0.4, -0.2) is 33.3 Å². The molecular formula is C18H18ClN3O3. The zero-order valence-electron chi connectivity index (χ0n) is 14.4. The summed E-state index contributed by atoms with van der Waals surface area (Å²) in [4.78, 5) is 20.9. The number of hydrogen-bond donors (Lipinski definition) is 0. The molecule has 6 nitrogen and oxygen atoms in total. The summed E-state index contributed by atoms with van der Waals surface area (Å²) in [6.07, 6.45) is 1.04. The third-order valence-electron chi connectivity index (χ3n) is 3.48. The van der Waals surface area contributed by atoms with Crippen LogP contribution in [0.15, 0.2) is 36.5 Å². The van der Waals surface area contributed by atoms with Crippen LogP contribution >= 0.6 is 11.6 Å². The standard InChI is InChI=1S/C18H18ClN3O3/c1-18(2,3)25-17(23)22-14-10-12(24-4)6-5-11(14)9-15(22)13-7-8-20-16(19)21-13/h5-10H,1-4H3. The first kappa shape index (κ1) is 17.2. The van der Waals surface area contributed by atoms with E-state index in [1.54, 1.807) is 25.4 Å². The maximum atomic E-state index is 12.8. The Labute approximate surface area is 150 Å². The molecule has 7 heteroatoms. The fourth-order valence-electron chi connectivity index (χ4n) is 2.48. The van der Waals surface area contributed by atoms with Gasteiger partial charge >= 0.3 is 6.09 Å². The number of halogens is 1. The number of fused-ring (bicyclic) bond motifs is 1. The lowest BCUT2D eigenvalue weighted by Gasteiger charge is -2.21. The van der Waals surface area contributed by atoms with E-state index in [0.29, 0.717) is 22.7 Å². The van der Waals surface area contributed by atoms with Gasteiger partial charge in [0.25, 0.3) is 0 Å². The molecule has 3 aromatic rings. The molecule has 0 fully saturated rings. The fourth-order valence-corrected chi connectivity index (χ4v) is 2.63. The number of benzene rings is 1. The predicted octanol–water partition coefficient (Wildman–Crippen LogP) is 4.54.